The van der Waals surface area contributed by atoms with Gasteiger partial charge in [-0.25, -0.2) is 14.8 Å². The van der Waals surface area contributed by atoms with Crippen molar-refractivity contribution in [3.8, 4) is 11.7 Å². The predicted molar refractivity (Wildman–Crippen MR) is 53.2 cm³/mol. The number of carboxylic acids is 1. The summed E-state index contributed by atoms with van der Waals surface area (Å²) in [5.41, 5.74) is 0.937. The van der Waals surface area contributed by atoms with E-state index in [1.807, 2.05) is 0 Å². The van der Waals surface area contributed by atoms with Crippen molar-refractivity contribution >= 4 is 5.97 Å². The van der Waals surface area contributed by atoms with E-state index in [0.29, 0.717) is 23.0 Å². The zero-order valence-electron chi connectivity index (χ0n) is 9.07. The van der Waals surface area contributed by atoms with Gasteiger partial charge in [-0.05, 0) is 13.8 Å². The van der Waals surface area contributed by atoms with E-state index in [1.165, 1.54) is 0 Å². The zero-order valence-corrected chi connectivity index (χ0v) is 9.07. The molecule has 1 N–H and O–H groups in total. The highest BCUT2D eigenvalue weighted by molar-refractivity contribution is 5.85. The van der Waals surface area contributed by atoms with E-state index in [9.17, 15) is 4.79 Å². The Labute approximate surface area is 90.9 Å². The van der Waals surface area contributed by atoms with E-state index in [2.05, 4.69) is 9.97 Å². The van der Waals surface area contributed by atoms with Crippen molar-refractivity contribution < 1.29 is 18.7 Å². The van der Waals surface area contributed by atoms with Crippen molar-refractivity contribution in [3.05, 3.63) is 23.0 Å². The highest BCUT2D eigenvalue weighted by Crippen LogP contribution is 2.25. The second-order valence-electron chi connectivity index (χ2n) is 3.39. The Morgan fingerprint density at radius 3 is 2.25 bits per heavy atom. The van der Waals surface area contributed by atoms with Crippen molar-refractivity contribution in [1.29, 1.82) is 0 Å². The van der Waals surface area contributed by atoms with Gasteiger partial charge >= 0.3 is 5.97 Å². The lowest BCUT2D eigenvalue weighted by molar-refractivity contribution is 0.0662. The minimum Gasteiger partial charge on any atom is -0.475 e. The molecule has 0 radical (unpaired) electrons. The summed E-state index contributed by atoms with van der Waals surface area (Å²) in [6.07, 6.45) is 0. The lowest BCUT2D eigenvalue weighted by Crippen LogP contribution is -1.95. The van der Waals surface area contributed by atoms with Gasteiger partial charge in [0.15, 0.2) is 5.89 Å². The smallest absolute Gasteiger partial charge is 0.373 e. The lowest BCUT2D eigenvalue weighted by Gasteiger charge is -1.88. The Morgan fingerprint density at radius 2 is 1.81 bits per heavy atom. The van der Waals surface area contributed by atoms with Crippen LogP contribution in [0.2, 0.25) is 0 Å². The molecule has 0 aliphatic carbocycles. The van der Waals surface area contributed by atoms with Crippen molar-refractivity contribution in [3.63, 3.8) is 0 Å². The fourth-order valence-corrected chi connectivity index (χ4v) is 1.42. The fourth-order valence-electron chi connectivity index (χ4n) is 1.42. The number of aromatic nitrogens is 2. The molecule has 6 heteroatoms. The third kappa shape index (κ3) is 1.58. The molecule has 84 valence electrons. The molecule has 2 rings (SSSR count). The monoisotopic (exact) mass is 222 g/mol. The summed E-state index contributed by atoms with van der Waals surface area (Å²) < 4.78 is 10.4. The number of rotatable bonds is 2. The highest BCUT2D eigenvalue weighted by atomic mass is 16.4. The zero-order chi connectivity index (χ0) is 11.9. The topological polar surface area (TPSA) is 89.4 Å². The third-order valence-electron chi connectivity index (χ3n) is 2.09. The van der Waals surface area contributed by atoms with Crippen LogP contribution in [0.15, 0.2) is 8.83 Å². The Balaban J connectivity index is 2.53. The van der Waals surface area contributed by atoms with Crippen molar-refractivity contribution in [2.45, 2.75) is 20.8 Å². The number of aryl methyl sites for hydroxylation is 3. The van der Waals surface area contributed by atoms with E-state index in [1.54, 1.807) is 20.8 Å². The average molecular weight is 222 g/mol. The molecule has 0 atom stereocenters. The van der Waals surface area contributed by atoms with Gasteiger partial charge in [-0.2, -0.15) is 0 Å². The van der Waals surface area contributed by atoms with Crippen LogP contribution in [0.5, 0.6) is 0 Å². The van der Waals surface area contributed by atoms with E-state index in [-0.39, 0.29) is 11.7 Å². The van der Waals surface area contributed by atoms with Crippen molar-refractivity contribution in [2.75, 3.05) is 0 Å². The van der Waals surface area contributed by atoms with Crippen LogP contribution in [0.1, 0.15) is 27.8 Å². The molecule has 2 heterocycles. The highest BCUT2D eigenvalue weighted by Gasteiger charge is 2.21. The Bertz CT molecular complexity index is 553. The first-order valence-corrected chi connectivity index (χ1v) is 4.64. The summed E-state index contributed by atoms with van der Waals surface area (Å²) in [6, 6.07) is 0. The minimum atomic E-state index is -1.15. The van der Waals surface area contributed by atoms with Crippen molar-refractivity contribution in [1.82, 2.24) is 9.97 Å². The molecule has 0 aromatic carbocycles. The summed E-state index contributed by atoms with van der Waals surface area (Å²) in [6.45, 7) is 5.01. The lowest BCUT2D eigenvalue weighted by atomic mass is 10.4. The van der Waals surface area contributed by atoms with Crippen LogP contribution >= 0.6 is 0 Å². The molecule has 0 fully saturated rings. The third-order valence-corrected chi connectivity index (χ3v) is 2.09. The van der Waals surface area contributed by atoms with E-state index < -0.39 is 5.97 Å². The minimum absolute atomic E-state index is 0.146. The maximum Gasteiger partial charge on any atom is 0.373 e. The van der Waals surface area contributed by atoms with Crippen LogP contribution < -0.4 is 0 Å². The van der Waals surface area contributed by atoms with Gasteiger partial charge in [-0.15, -0.1) is 0 Å². The molecular formula is C10H10N2O4. The summed E-state index contributed by atoms with van der Waals surface area (Å²) in [5.74, 6) is -0.324. The summed E-state index contributed by atoms with van der Waals surface area (Å²) in [4.78, 5) is 18.8. The van der Waals surface area contributed by atoms with Crippen LogP contribution in [0.4, 0.5) is 0 Å². The Kier molecular flexibility index (Phi) is 2.26. The van der Waals surface area contributed by atoms with Gasteiger partial charge in [-0.3, -0.25) is 0 Å². The molecule has 0 aliphatic heterocycles. The molecule has 0 spiro atoms. The van der Waals surface area contributed by atoms with Crippen LogP contribution in [-0.4, -0.2) is 21.0 Å². The SMILES string of the molecule is Cc1nc(C)c(-c2nc(C)c(C(=O)O)o2)o1. The van der Waals surface area contributed by atoms with E-state index >= 15 is 0 Å². The largest absolute Gasteiger partial charge is 0.475 e. The number of oxazole rings is 2. The molecule has 0 aliphatic rings. The van der Waals surface area contributed by atoms with Crippen LogP contribution in [0.25, 0.3) is 11.7 Å². The van der Waals surface area contributed by atoms with Gasteiger partial charge in [-0.1, -0.05) is 0 Å². The first-order valence-electron chi connectivity index (χ1n) is 4.64. The summed E-state index contributed by atoms with van der Waals surface area (Å²) in [7, 11) is 0. The predicted octanol–water partition coefficient (Wildman–Crippen LogP) is 1.95. The fraction of sp³-hybridized carbons (Fsp3) is 0.300. The molecule has 2 aromatic rings. The summed E-state index contributed by atoms with van der Waals surface area (Å²) in [5, 5.41) is 8.82. The standard InChI is InChI=1S/C10H10N2O4/c1-4-7(15-6(3)11-4)9-12-5(2)8(16-9)10(13)14/h1-3H3,(H,13,14). The molecule has 0 bridgehead atoms. The second kappa shape index (κ2) is 3.48. The number of nitrogens with zero attached hydrogens (tertiary/aromatic N) is 2. The van der Waals surface area contributed by atoms with Gasteiger partial charge in [0.05, 0.1) is 11.4 Å². The average Bonchev–Trinajstić information content (AvgIpc) is 2.69. The second-order valence-corrected chi connectivity index (χ2v) is 3.39. The molecule has 0 saturated heterocycles. The number of carboxylic acid groups (broad SMARTS) is 1. The normalized spacial score (nSPS) is 10.7. The number of aromatic carboxylic acids is 1. The molecular weight excluding hydrogens is 212 g/mol. The van der Waals surface area contributed by atoms with E-state index in [4.69, 9.17) is 13.9 Å². The van der Waals surface area contributed by atoms with Crippen LogP contribution in [0, 0.1) is 20.8 Å². The van der Waals surface area contributed by atoms with Gasteiger partial charge in [0.25, 0.3) is 5.89 Å². The quantitative estimate of drug-likeness (QED) is 0.835. The molecule has 0 amide bonds. The first-order chi connectivity index (χ1) is 7.49. The molecule has 0 unspecified atom stereocenters. The summed E-state index contributed by atoms with van der Waals surface area (Å²) >= 11 is 0. The Hall–Kier alpha value is -2.11. The van der Waals surface area contributed by atoms with Gasteiger partial charge in [0.1, 0.15) is 0 Å². The molecule has 2 aromatic heterocycles. The van der Waals surface area contributed by atoms with Crippen molar-refractivity contribution in [2.24, 2.45) is 0 Å². The molecule has 6 nitrogen and oxygen atoms in total. The maximum absolute atomic E-state index is 10.8. The molecule has 16 heavy (non-hydrogen) atoms. The Morgan fingerprint density at radius 1 is 1.12 bits per heavy atom. The van der Waals surface area contributed by atoms with E-state index in [0.717, 1.165) is 0 Å². The number of hydrogen-bond donors (Lipinski definition) is 1. The number of hydrogen-bond acceptors (Lipinski definition) is 5. The van der Waals surface area contributed by atoms with Crippen LogP contribution in [-0.2, 0) is 0 Å². The molecule has 0 saturated carbocycles. The number of carbonyl (C=O) groups is 1. The maximum atomic E-state index is 10.8. The van der Waals surface area contributed by atoms with Gasteiger partial charge in [0, 0.05) is 6.92 Å². The first kappa shape index (κ1) is 10.4. The van der Waals surface area contributed by atoms with Crippen LogP contribution in [0.3, 0.4) is 0 Å². The van der Waals surface area contributed by atoms with Gasteiger partial charge < -0.3 is 13.9 Å². The van der Waals surface area contributed by atoms with Gasteiger partial charge in [0.2, 0.25) is 11.5 Å².